The van der Waals surface area contributed by atoms with Gasteiger partial charge in [0, 0.05) is 5.46 Å². The molecule has 0 aliphatic heterocycles. The summed E-state index contributed by atoms with van der Waals surface area (Å²) in [6.07, 6.45) is 5.47. The lowest BCUT2D eigenvalue weighted by atomic mass is 9.79. The van der Waals surface area contributed by atoms with Gasteiger partial charge in [-0.05, 0) is 32.1 Å². The van der Waals surface area contributed by atoms with E-state index in [-0.39, 0.29) is 0 Å². The predicted octanol–water partition coefficient (Wildman–Crippen LogP) is 1.23. The Balaban J connectivity index is 2.96. The van der Waals surface area contributed by atoms with Crippen molar-refractivity contribution in [3.05, 3.63) is 48.3 Å². The van der Waals surface area contributed by atoms with E-state index in [0.29, 0.717) is 17.0 Å². The van der Waals surface area contributed by atoms with Crippen LogP contribution in [0, 0.1) is 0 Å². The van der Waals surface area contributed by atoms with Crippen LogP contribution in [0.3, 0.4) is 0 Å². The molecular weight excluding hydrogens is 203 g/mol. The molecule has 4 heteroatoms. The lowest BCUT2D eigenvalue weighted by Crippen LogP contribution is -2.31. The molecule has 0 aromatic heterocycles. The van der Waals surface area contributed by atoms with Crippen molar-refractivity contribution in [1.29, 1.82) is 0 Å². The van der Waals surface area contributed by atoms with E-state index in [1.54, 1.807) is 36.4 Å². The molecule has 0 saturated carbocycles. The molecule has 1 aromatic rings. The number of rotatable bonds is 4. The molecule has 0 amide bonds. The molecule has 0 atom stereocenters. The van der Waals surface area contributed by atoms with Crippen molar-refractivity contribution in [2.24, 2.45) is 0 Å². The van der Waals surface area contributed by atoms with E-state index in [2.05, 4.69) is 0 Å². The Kier molecular flexibility index (Phi) is 4.83. The predicted molar refractivity (Wildman–Crippen MR) is 65.5 cm³/mol. The molecule has 16 heavy (non-hydrogen) atoms. The van der Waals surface area contributed by atoms with Crippen molar-refractivity contribution >= 4 is 12.6 Å². The van der Waals surface area contributed by atoms with E-state index in [1.807, 2.05) is 19.9 Å². The van der Waals surface area contributed by atoms with Crippen LogP contribution in [0.15, 0.2) is 48.3 Å². The fourth-order valence-corrected chi connectivity index (χ4v) is 1.27. The molecule has 0 saturated heterocycles. The second-order valence-corrected chi connectivity index (χ2v) is 3.20. The number of hydrogen-bond donors (Lipinski definition) is 2. The quantitative estimate of drug-likeness (QED) is 0.454. The largest absolute Gasteiger partial charge is 0.492 e. The van der Waals surface area contributed by atoms with Crippen molar-refractivity contribution in [1.82, 2.24) is 0 Å². The standard InChI is InChI=1S/C12H15BO3/c1-3-7-10(4-2)16-12-9-6-5-8-11(12)13(14)15/h3-9,14-15H,1-2H3/b7-3-,10-4+. The van der Waals surface area contributed by atoms with Gasteiger partial charge in [-0.15, -0.1) is 0 Å². The summed E-state index contributed by atoms with van der Waals surface area (Å²) in [6, 6.07) is 6.82. The van der Waals surface area contributed by atoms with Gasteiger partial charge in [0.15, 0.2) is 0 Å². The van der Waals surface area contributed by atoms with Gasteiger partial charge in [0.25, 0.3) is 0 Å². The third-order valence-electron chi connectivity index (χ3n) is 2.04. The highest BCUT2D eigenvalue weighted by atomic mass is 16.5. The summed E-state index contributed by atoms with van der Waals surface area (Å²) in [6.45, 7) is 3.74. The molecule has 0 heterocycles. The minimum Gasteiger partial charge on any atom is -0.458 e. The van der Waals surface area contributed by atoms with Gasteiger partial charge in [0.2, 0.25) is 0 Å². The second kappa shape index (κ2) is 6.15. The van der Waals surface area contributed by atoms with Gasteiger partial charge in [-0.2, -0.15) is 0 Å². The monoisotopic (exact) mass is 218 g/mol. The molecular formula is C12H15BO3. The van der Waals surface area contributed by atoms with Crippen molar-refractivity contribution in [3.63, 3.8) is 0 Å². The average Bonchev–Trinajstić information content (AvgIpc) is 2.29. The molecule has 0 aliphatic carbocycles. The zero-order valence-corrected chi connectivity index (χ0v) is 9.42. The van der Waals surface area contributed by atoms with E-state index in [9.17, 15) is 0 Å². The van der Waals surface area contributed by atoms with Crippen LogP contribution in [0.2, 0.25) is 0 Å². The highest BCUT2D eigenvalue weighted by Gasteiger charge is 2.16. The molecule has 1 rings (SSSR count). The number of ether oxygens (including phenoxy) is 1. The Bertz CT molecular complexity index is 397. The Labute approximate surface area is 95.8 Å². The Morgan fingerprint density at radius 2 is 1.94 bits per heavy atom. The molecule has 0 aliphatic rings. The lowest BCUT2D eigenvalue weighted by molar-refractivity contribution is 0.415. The highest BCUT2D eigenvalue weighted by Crippen LogP contribution is 2.12. The normalized spacial score (nSPS) is 11.9. The van der Waals surface area contributed by atoms with E-state index in [4.69, 9.17) is 14.8 Å². The molecule has 0 fully saturated rings. The average molecular weight is 218 g/mol. The zero-order valence-electron chi connectivity index (χ0n) is 9.42. The smallest absolute Gasteiger partial charge is 0.458 e. The van der Waals surface area contributed by atoms with Gasteiger partial charge in [0.05, 0.1) is 0 Å². The minimum absolute atomic E-state index is 0.353. The van der Waals surface area contributed by atoms with E-state index < -0.39 is 7.12 Å². The first-order valence-corrected chi connectivity index (χ1v) is 5.11. The summed E-state index contributed by atoms with van der Waals surface area (Å²) in [7, 11) is -1.53. The van der Waals surface area contributed by atoms with Gasteiger partial charge in [-0.3, -0.25) is 0 Å². The zero-order chi connectivity index (χ0) is 12.0. The van der Waals surface area contributed by atoms with Crippen LogP contribution in [-0.4, -0.2) is 17.2 Å². The maximum Gasteiger partial charge on any atom is 0.492 e. The van der Waals surface area contributed by atoms with E-state index in [1.165, 1.54) is 0 Å². The van der Waals surface area contributed by atoms with E-state index >= 15 is 0 Å². The number of benzene rings is 1. The van der Waals surface area contributed by atoms with Crippen molar-refractivity contribution in [2.45, 2.75) is 13.8 Å². The van der Waals surface area contributed by atoms with Crippen LogP contribution in [0.1, 0.15) is 13.8 Å². The summed E-state index contributed by atoms with van der Waals surface area (Å²) in [5, 5.41) is 18.3. The van der Waals surface area contributed by atoms with Crippen molar-refractivity contribution < 1.29 is 14.8 Å². The van der Waals surface area contributed by atoms with Crippen LogP contribution >= 0.6 is 0 Å². The molecule has 1 aromatic carbocycles. The molecule has 2 N–H and O–H groups in total. The maximum atomic E-state index is 9.16. The first kappa shape index (κ1) is 12.6. The summed E-state index contributed by atoms with van der Waals surface area (Å²) >= 11 is 0. The van der Waals surface area contributed by atoms with Crippen molar-refractivity contribution in [2.75, 3.05) is 0 Å². The van der Waals surface area contributed by atoms with E-state index in [0.717, 1.165) is 0 Å². The molecule has 3 nitrogen and oxygen atoms in total. The Morgan fingerprint density at radius 1 is 1.25 bits per heavy atom. The lowest BCUT2D eigenvalue weighted by Gasteiger charge is -2.10. The Hall–Kier alpha value is -1.52. The van der Waals surface area contributed by atoms with Crippen LogP contribution in [0.5, 0.6) is 5.75 Å². The molecule has 0 radical (unpaired) electrons. The minimum atomic E-state index is -1.53. The first-order valence-electron chi connectivity index (χ1n) is 5.11. The Morgan fingerprint density at radius 3 is 2.50 bits per heavy atom. The van der Waals surface area contributed by atoms with Gasteiger partial charge in [-0.25, -0.2) is 0 Å². The molecule has 0 bridgehead atoms. The van der Waals surface area contributed by atoms with Crippen LogP contribution in [0.25, 0.3) is 0 Å². The third-order valence-corrected chi connectivity index (χ3v) is 2.04. The van der Waals surface area contributed by atoms with Gasteiger partial charge < -0.3 is 14.8 Å². The second-order valence-electron chi connectivity index (χ2n) is 3.20. The van der Waals surface area contributed by atoms with Gasteiger partial charge >= 0.3 is 7.12 Å². The number of hydrogen-bond acceptors (Lipinski definition) is 3. The van der Waals surface area contributed by atoms with Crippen molar-refractivity contribution in [3.8, 4) is 5.75 Å². The molecule has 0 spiro atoms. The highest BCUT2D eigenvalue weighted by molar-refractivity contribution is 6.59. The SMILES string of the molecule is C/C=C\C(=C/C)Oc1ccccc1B(O)O. The summed E-state index contributed by atoms with van der Waals surface area (Å²) < 4.78 is 5.55. The number of para-hydroxylation sites is 1. The molecule has 0 unspecified atom stereocenters. The summed E-state index contributed by atoms with van der Waals surface area (Å²) in [4.78, 5) is 0. The summed E-state index contributed by atoms with van der Waals surface area (Å²) in [5.74, 6) is 1.11. The number of allylic oxidation sites excluding steroid dienone is 3. The first-order chi connectivity index (χ1) is 7.69. The van der Waals surface area contributed by atoms with Gasteiger partial charge in [0.1, 0.15) is 11.5 Å². The van der Waals surface area contributed by atoms with Gasteiger partial charge in [-0.1, -0.05) is 24.3 Å². The fourth-order valence-electron chi connectivity index (χ4n) is 1.27. The third kappa shape index (κ3) is 3.26. The fraction of sp³-hybridized carbons (Fsp3) is 0.167. The van der Waals surface area contributed by atoms with Crippen LogP contribution in [0.4, 0.5) is 0 Å². The summed E-state index contributed by atoms with van der Waals surface area (Å²) in [5.41, 5.74) is 0.353. The molecule has 84 valence electrons. The topological polar surface area (TPSA) is 49.7 Å². The van der Waals surface area contributed by atoms with Crippen LogP contribution < -0.4 is 10.2 Å². The van der Waals surface area contributed by atoms with Crippen LogP contribution in [-0.2, 0) is 0 Å². The maximum absolute atomic E-state index is 9.16.